The average Bonchev–Trinajstić information content (AvgIpc) is 3.30. The molecule has 0 aliphatic carbocycles. The monoisotopic (exact) mass is 397 g/mol. The average molecular weight is 398 g/mol. The molecule has 2 fully saturated rings. The van der Waals surface area contributed by atoms with Gasteiger partial charge in [0.1, 0.15) is 6.04 Å². The molecule has 1 aromatic carbocycles. The standard InChI is InChI=1S/C22H27N3O2S/c26-21(19-10-7-17-28-19)25-15-13-23(14-16-25)20(18-8-3-1-4-9-18)22(27)24-11-5-2-6-12-24/h1,3-4,7-10,17,20H,2,5-6,11-16H2/t20-/m1/s1. The highest BCUT2D eigenvalue weighted by molar-refractivity contribution is 7.12. The summed E-state index contributed by atoms with van der Waals surface area (Å²) in [6.45, 7) is 4.48. The minimum Gasteiger partial charge on any atom is -0.341 e. The van der Waals surface area contributed by atoms with Crippen molar-refractivity contribution in [3.8, 4) is 0 Å². The van der Waals surface area contributed by atoms with Crippen LogP contribution in [-0.4, -0.2) is 65.8 Å². The van der Waals surface area contributed by atoms with E-state index in [1.165, 1.54) is 17.8 Å². The molecule has 2 aromatic rings. The lowest BCUT2D eigenvalue weighted by molar-refractivity contribution is -0.138. The zero-order chi connectivity index (χ0) is 19.3. The largest absolute Gasteiger partial charge is 0.341 e. The van der Waals surface area contributed by atoms with Crippen molar-refractivity contribution in [2.24, 2.45) is 0 Å². The molecule has 28 heavy (non-hydrogen) atoms. The van der Waals surface area contributed by atoms with Gasteiger partial charge in [-0.05, 0) is 36.3 Å². The lowest BCUT2D eigenvalue weighted by Gasteiger charge is -2.41. The highest BCUT2D eigenvalue weighted by Gasteiger charge is 2.34. The summed E-state index contributed by atoms with van der Waals surface area (Å²) in [4.78, 5) is 33.0. The van der Waals surface area contributed by atoms with E-state index in [1.54, 1.807) is 0 Å². The number of amides is 2. The van der Waals surface area contributed by atoms with Crippen molar-refractivity contribution in [3.63, 3.8) is 0 Å². The Morgan fingerprint density at radius 2 is 1.50 bits per heavy atom. The van der Waals surface area contributed by atoms with E-state index in [0.29, 0.717) is 13.1 Å². The molecule has 148 valence electrons. The number of rotatable bonds is 4. The summed E-state index contributed by atoms with van der Waals surface area (Å²) in [5.41, 5.74) is 1.05. The first-order chi connectivity index (χ1) is 13.7. The normalized spacial score (nSPS) is 19.4. The van der Waals surface area contributed by atoms with Gasteiger partial charge in [-0.3, -0.25) is 14.5 Å². The molecule has 0 spiro atoms. The molecule has 3 heterocycles. The van der Waals surface area contributed by atoms with E-state index in [0.717, 1.165) is 49.5 Å². The molecule has 0 saturated carbocycles. The molecule has 2 aliphatic rings. The Morgan fingerprint density at radius 3 is 2.14 bits per heavy atom. The summed E-state index contributed by atoms with van der Waals surface area (Å²) in [6.07, 6.45) is 3.40. The minimum absolute atomic E-state index is 0.105. The summed E-state index contributed by atoms with van der Waals surface area (Å²) in [7, 11) is 0. The maximum absolute atomic E-state index is 13.4. The molecule has 1 atom stereocenters. The van der Waals surface area contributed by atoms with E-state index in [2.05, 4.69) is 17.0 Å². The summed E-state index contributed by atoms with van der Waals surface area (Å²) >= 11 is 1.49. The number of benzene rings is 1. The van der Waals surface area contributed by atoms with Gasteiger partial charge in [-0.25, -0.2) is 0 Å². The molecule has 6 heteroatoms. The number of hydrogen-bond acceptors (Lipinski definition) is 4. The van der Waals surface area contributed by atoms with Crippen LogP contribution in [0.15, 0.2) is 47.8 Å². The molecule has 0 bridgehead atoms. The molecule has 2 amide bonds. The lowest BCUT2D eigenvalue weighted by atomic mass is 10.0. The fourth-order valence-corrected chi connectivity index (χ4v) is 4.86. The molecule has 1 aromatic heterocycles. The Kier molecular flexibility index (Phi) is 6.07. The van der Waals surface area contributed by atoms with Crippen LogP contribution in [0, 0.1) is 0 Å². The number of piperidine rings is 1. The van der Waals surface area contributed by atoms with Crippen LogP contribution in [0.3, 0.4) is 0 Å². The van der Waals surface area contributed by atoms with Crippen molar-refractivity contribution >= 4 is 23.2 Å². The third kappa shape index (κ3) is 4.13. The molecule has 0 N–H and O–H groups in total. The number of carbonyl (C=O) groups excluding carboxylic acids is 2. The van der Waals surface area contributed by atoms with Crippen molar-refractivity contribution in [2.75, 3.05) is 39.3 Å². The first-order valence-corrected chi connectivity index (χ1v) is 11.0. The van der Waals surface area contributed by atoms with Crippen molar-refractivity contribution in [1.29, 1.82) is 0 Å². The third-order valence-electron chi connectivity index (χ3n) is 5.72. The van der Waals surface area contributed by atoms with E-state index in [4.69, 9.17) is 0 Å². The lowest BCUT2D eigenvalue weighted by Crippen LogP contribution is -2.53. The van der Waals surface area contributed by atoms with Gasteiger partial charge in [-0.15, -0.1) is 11.3 Å². The van der Waals surface area contributed by atoms with Gasteiger partial charge in [-0.2, -0.15) is 0 Å². The van der Waals surface area contributed by atoms with Crippen molar-refractivity contribution in [2.45, 2.75) is 25.3 Å². The van der Waals surface area contributed by atoms with Gasteiger partial charge >= 0.3 is 0 Å². The number of piperazine rings is 1. The van der Waals surface area contributed by atoms with Gasteiger partial charge in [0.25, 0.3) is 5.91 Å². The van der Waals surface area contributed by atoms with E-state index in [-0.39, 0.29) is 17.9 Å². The zero-order valence-corrected chi connectivity index (χ0v) is 16.9. The quantitative estimate of drug-likeness (QED) is 0.795. The fourth-order valence-electron chi connectivity index (χ4n) is 4.17. The van der Waals surface area contributed by atoms with Crippen LogP contribution in [0.4, 0.5) is 0 Å². The first kappa shape index (κ1) is 19.2. The van der Waals surface area contributed by atoms with Gasteiger partial charge in [0.2, 0.25) is 5.91 Å². The van der Waals surface area contributed by atoms with Crippen LogP contribution in [0.1, 0.15) is 40.5 Å². The Hall–Kier alpha value is -2.18. The number of thiophene rings is 1. The van der Waals surface area contributed by atoms with Gasteiger partial charge < -0.3 is 9.80 Å². The second-order valence-electron chi connectivity index (χ2n) is 7.50. The second-order valence-corrected chi connectivity index (χ2v) is 8.45. The first-order valence-electron chi connectivity index (χ1n) is 10.1. The van der Waals surface area contributed by atoms with Gasteiger partial charge in [0, 0.05) is 39.3 Å². The second kappa shape index (κ2) is 8.88. The Balaban J connectivity index is 1.48. The summed E-state index contributed by atoms with van der Waals surface area (Å²) in [5.74, 6) is 0.317. The Labute approximate surface area is 170 Å². The molecule has 2 saturated heterocycles. The maximum atomic E-state index is 13.4. The van der Waals surface area contributed by atoms with Gasteiger partial charge in [0.15, 0.2) is 0 Å². The smallest absolute Gasteiger partial charge is 0.264 e. The molecule has 2 aliphatic heterocycles. The highest BCUT2D eigenvalue weighted by Crippen LogP contribution is 2.27. The molecular formula is C22H27N3O2S. The predicted octanol–water partition coefficient (Wildman–Crippen LogP) is 3.26. The topological polar surface area (TPSA) is 43.9 Å². The number of nitrogens with zero attached hydrogens (tertiary/aromatic N) is 3. The summed E-state index contributed by atoms with van der Waals surface area (Å²) in [5, 5.41) is 1.94. The fraction of sp³-hybridized carbons (Fsp3) is 0.455. The Morgan fingerprint density at radius 1 is 0.786 bits per heavy atom. The Bertz CT molecular complexity index is 779. The molecular weight excluding hydrogens is 370 g/mol. The van der Waals surface area contributed by atoms with Crippen LogP contribution >= 0.6 is 11.3 Å². The third-order valence-corrected chi connectivity index (χ3v) is 6.57. The number of hydrogen-bond donors (Lipinski definition) is 0. The van der Waals surface area contributed by atoms with Gasteiger partial charge in [0.05, 0.1) is 4.88 Å². The maximum Gasteiger partial charge on any atom is 0.264 e. The molecule has 4 rings (SSSR count). The predicted molar refractivity (Wildman–Crippen MR) is 111 cm³/mol. The van der Waals surface area contributed by atoms with E-state index < -0.39 is 0 Å². The van der Waals surface area contributed by atoms with E-state index >= 15 is 0 Å². The van der Waals surface area contributed by atoms with Gasteiger partial charge in [-0.1, -0.05) is 36.4 Å². The SMILES string of the molecule is O=C(c1cccs1)N1CCN([C@@H](C(=O)N2CCCCC2)c2ccccc2)CC1. The van der Waals surface area contributed by atoms with Crippen LogP contribution in [0.2, 0.25) is 0 Å². The summed E-state index contributed by atoms with van der Waals surface area (Å²) in [6, 6.07) is 13.6. The van der Waals surface area contributed by atoms with Crippen molar-refractivity contribution < 1.29 is 9.59 Å². The van der Waals surface area contributed by atoms with Crippen molar-refractivity contribution in [1.82, 2.24) is 14.7 Å². The summed E-state index contributed by atoms with van der Waals surface area (Å²) < 4.78 is 0. The molecule has 0 unspecified atom stereocenters. The minimum atomic E-state index is -0.252. The number of likely N-dealkylation sites (tertiary alicyclic amines) is 1. The number of carbonyl (C=O) groups is 2. The van der Waals surface area contributed by atoms with Crippen LogP contribution < -0.4 is 0 Å². The zero-order valence-electron chi connectivity index (χ0n) is 16.1. The van der Waals surface area contributed by atoms with E-state index in [9.17, 15) is 9.59 Å². The van der Waals surface area contributed by atoms with E-state index in [1.807, 2.05) is 45.5 Å². The molecule has 0 radical (unpaired) electrons. The van der Waals surface area contributed by atoms with Crippen LogP contribution in [0.5, 0.6) is 0 Å². The van der Waals surface area contributed by atoms with Crippen LogP contribution in [-0.2, 0) is 4.79 Å². The molecule has 5 nitrogen and oxygen atoms in total. The van der Waals surface area contributed by atoms with Crippen molar-refractivity contribution in [3.05, 3.63) is 58.3 Å². The van der Waals surface area contributed by atoms with Crippen LogP contribution in [0.25, 0.3) is 0 Å². The highest BCUT2D eigenvalue weighted by atomic mass is 32.1.